The lowest BCUT2D eigenvalue weighted by Crippen LogP contribution is -2.60. The van der Waals surface area contributed by atoms with Crippen molar-refractivity contribution in [2.75, 3.05) is 39.8 Å². The monoisotopic (exact) mass is 328 g/mol. The number of pyridine rings is 1. The molecule has 2 aliphatic rings. The lowest BCUT2D eigenvalue weighted by atomic mass is 9.86. The molecule has 1 spiro atoms. The molecule has 1 aromatic heterocycles. The van der Waals surface area contributed by atoms with Crippen LogP contribution in [0.5, 0.6) is 0 Å². The second kappa shape index (κ2) is 7.45. The molecule has 0 saturated carbocycles. The first-order valence-corrected chi connectivity index (χ1v) is 8.84. The summed E-state index contributed by atoms with van der Waals surface area (Å²) < 4.78 is 0. The van der Waals surface area contributed by atoms with E-state index in [9.17, 15) is 4.79 Å². The van der Waals surface area contributed by atoms with Gasteiger partial charge in [-0.3, -0.25) is 19.6 Å². The highest BCUT2D eigenvalue weighted by Gasteiger charge is 2.41. The van der Waals surface area contributed by atoms with Gasteiger partial charge in [0.05, 0.1) is 0 Å². The van der Waals surface area contributed by atoms with E-state index in [1.165, 1.54) is 5.56 Å². The van der Waals surface area contributed by atoms with Crippen molar-refractivity contribution >= 4 is 5.91 Å². The molecule has 1 aromatic rings. The molecule has 0 radical (unpaired) electrons. The van der Waals surface area contributed by atoms with Crippen molar-refractivity contribution in [3.8, 4) is 0 Å². The van der Waals surface area contributed by atoms with E-state index < -0.39 is 0 Å². The van der Waals surface area contributed by atoms with Crippen LogP contribution in [0.3, 0.4) is 0 Å². The molecular formula is C19H28N4O. The highest BCUT2D eigenvalue weighted by atomic mass is 16.2. The Kier molecular flexibility index (Phi) is 5.31. The van der Waals surface area contributed by atoms with Gasteiger partial charge in [-0.2, -0.15) is 0 Å². The van der Waals surface area contributed by atoms with E-state index in [1.54, 1.807) is 0 Å². The molecule has 0 N–H and O–H groups in total. The molecule has 3 heterocycles. The minimum absolute atomic E-state index is 0.103. The van der Waals surface area contributed by atoms with Crippen LogP contribution in [0.15, 0.2) is 37.2 Å². The summed E-state index contributed by atoms with van der Waals surface area (Å²) in [6, 6.07) is 4.14. The maximum absolute atomic E-state index is 12.3. The summed E-state index contributed by atoms with van der Waals surface area (Å²) in [6.45, 7) is 9.35. The van der Waals surface area contributed by atoms with E-state index in [4.69, 9.17) is 0 Å². The Labute approximate surface area is 144 Å². The van der Waals surface area contributed by atoms with Crippen LogP contribution in [0.2, 0.25) is 0 Å². The van der Waals surface area contributed by atoms with E-state index in [2.05, 4.69) is 34.5 Å². The number of hydrogen-bond acceptors (Lipinski definition) is 4. The highest BCUT2D eigenvalue weighted by molar-refractivity contribution is 5.76. The summed E-state index contributed by atoms with van der Waals surface area (Å²) in [5.41, 5.74) is 1.36. The zero-order chi connectivity index (χ0) is 17.0. The zero-order valence-electron chi connectivity index (χ0n) is 14.7. The van der Waals surface area contributed by atoms with Crippen LogP contribution in [0, 0.1) is 0 Å². The molecule has 24 heavy (non-hydrogen) atoms. The van der Waals surface area contributed by atoms with Gasteiger partial charge in [-0.1, -0.05) is 12.1 Å². The van der Waals surface area contributed by atoms with Crippen molar-refractivity contribution in [2.24, 2.45) is 0 Å². The number of likely N-dealkylation sites (N-methyl/N-ethyl adjacent to an activating group) is 1. The summed E-state index contributed by atoms with van der Waals surface area (Å²) in [5, 5.41) is 0. The Balaban J connectivity index is 1.70. The number of aromatic nitrogens is 1. The van der Waals surface area contributed by atoms with Crippen LogP contribution >= 0.6 is 0 Å². The van der Waals surface area contributed by atoms with Gasteiger partial charge in [0.2, 0.25) is 5.91 Å². The number of nitrogens with zero attached hydrogens (tertiary/aromatic N) is 4. The summed E-state index contributed by atoms with van der Waals surface area (Å²) >= 11 is 0. The quantitative estimate of drug-likeness (QED) is 0.790. The molecule has 2 fully saturated rings. The summed E-state index contributed by atoms with van der Waals surface area (Å²) in [7, 11) is 2.22. The lowest BCUT2D eigenvalue weighted by molar-refractivity contribution is -0.130. The zero-order valence-corrected chi connectivity index (χ0v) is 14.7. The molecule has 130 valence electrons. The largest absolute Gasteiger partial charge is 0.339 e. The Morgan fingerprint density at radius 3 is 2.96 bits per heavy atom. The van der Waals surface area contributed by atoms with Crippen molar-refractivity contribution in [2.45, 2.75) is 31.3 Å². The fourth-order valence-corrected chi connectivity index (χ4v) is 4.01. The average molecular weight is 328 g/mol. The molecule has 1 atom stereocenters. The van der Waals surface area contributed by atoms with Gasteiger partial charge in [-0.05, 0) is 31.5 Å². The van der Waals surface area contributed by atoms with Gasteiger partial charge in [0.25, 0.3) is 0 Å². The maximum atomic E-state index is 12.3. The molecule has 3 rings (SSSR count). The molecule has 5 nitrogen and oxygen atoms in total. The van der Waals surface area contributed by atoms with E-state index in [0.717, 1.165) is 45.6 Å². The summed E-state index contributed by atoms with van der Waals surface area (Å²) in [4.78, 5) is 23.5. The van der Waals surface area contributed by atoms with Crippen molar-refractivity contribution in [3.63, 3.8) is 0 Å². The number of likely N-dealkylation sites (tertiary alicyclic amines) is 1. The van der Waals surface area contributed by atoms with Gasteiger partial charge in [-0.25, -0.2) is 0 Å². The van der Waals surface area contributed by atoms with Crippen molar-refractivity contribution in [1.82, 2.24) is 19.7 Å². The lowest BCUT2D eigenvalue weighted by Gasteiger charge is -2.49. The minimum atomic E-state index is 0.103. The van der Waals surface area contributed by atoms with E-state index in [-0.39, 0.29) is 11.4 Å². The SMILES string of the molecule is C=CCN1CCC2(CCC1=O)CN(Cc1cccnc1)CCN2C. The number of carbonyl (C=O) groups is 1. The van der Waals surface area contributed by atoms with Crippen LogP contribution in [-0.4, -0.2) is 70.9 Å². The molecule has 0 aromatic carbocycles. The first-order valence-electron chi connectivity index (χ1n) is 8.84. The van der Waals surface area contributed by atoms with Crippen molar-refractivity contribution < 1.29 is 4.79 Å². The third kappa shape index (κ3) is 3.68. The summed E-state index contributed by atoms with van der Waals surface area (Å²) in [5.74, 6) is 0.268. The van der Waals surface area contributed by atoms with Crippen LogP contribution in [0.25, 0.3) is 0 Å². The Morgan fingerprint density at radius 1 is 1.33 bits per heavy atom. The standard InChI is InChI=1S/C19H28N4O/c1-3-10-23-11-8-19(7-6-18(23)24)16-22(13-12-21(19)2)15-17-5-4-9-20-14-17/h3-5,9,14H,1,6-8,10-13,15-16H2,2H3. The van der Waals surface area contributed by atoms with Gasteiger partial charge in [0.1, 0.15) is 0 Å². The Bertz CT molecular complexity index is 576. The average Bonchev–Trinajstić information content (AvgIpc) is 2.74. The van der Waals surface area contributed by atoms with Crippen molar-refractivity contribution in [3.05, 3.63) is 42.7 Å². The highest BCUT2D eigenvalue weighted by Crippen LogP contribution is 2.32. The smallest absolute Gasteiger partial charge is 0.222 e. The van der Waals surface area contributed by atoms with Crippen LogP contribution < -0.4 is 0 Å². The van der Waals surface area contributed by atoms with E-state index >= 15 is 0 Å². The molecule has 0 bridgehead atoms. The topological polar surface area (TPSA) is 39.7 Å². The molecule has 2 aliphatic heterocycles. The number of amides is 1. The molecule has 5 heteroatoms. The number of hydrogen-bond donors (Lipinski definition) is 0. The number of carbonyl (C=O) groups excluding carboxylic acids is 1. The Morgan fingerprint density at radius 2 is 2.21 bits per heavy atom. The predicted molar refractivity (Wildman–Crippen MR) is 95.5 cm³/mol. The molecule has 2 saturated heterocycles. The number of rotatable bonds is 4. The normalized spacial score (nSPS) is 26.5. The second-order valence-electron chi connectivity index (χ2n) is 7.10. The third-order valence-electron chi connectivity index (χ3n) is 5.56. The first-order chi connectivity index (χ1) is 11.6. The first kappa shape index (κ1) is 17.1. The molecule has 1 unspecified atom stereocenters. The fourth-order valence-electron chi connectivity index (χ4n) is 4.01. The number of piperazine rings is 1. The molecular weight excluding hydrogens is 300 g/mol. The van der Waals surface area contributed by atoms with E-state index in [0.29, 0.717) is 13.0 Å². The minimum Gasteiger partial charge on any atom is -0.339 e. The summed E-state index contributed by atoms with van der Waals surface area (Å²) in [6.07, 6.45) is 8.22. The van der Waals surface area contributed by atoms with Crippen LogP contribution in [0.4, 0.5) is 0 Å². The fraction of sp³-hybridized carbons (Fsp3) is 0.579. The van der Waals surface area contributed by atoms with Gasteiger partial charge in [-0.15, -0.1) is 6.58 Å². The second-order valence-corrected chi connectivity index (χ2v) is 7.10. The van der Waals surface area contributed by atoms with Crippen LogP contribution in [-0.2, 0) is 11.3 Å². The van der Waals surface area contributed by atoms with Gasteiger partial charge in [0.15, 0.2) is 0 Å². The van der Waals surface area contributed by atoms with Gasteiger partial charge >= 0.3 is 0 Å². The van der Waals surface area contributed by atoms with E-state index in [1.807, 2.05) is 29.4 Å². The molecule has 0 aliphatic carbocycles. The predicted octanol–water partition coefficient (Wildman–Crippen LogP) is 1.77. The van der Waals surface area contributed by atoms with Gasteiger partial charge < -0.3 is 4.90 Å². The Hall–Kier alpha value is -1.72. The van der Waals surface area contributed by atoms with Gasteiger partial charge in [0, 0.05) is 63.6 Å². The third-order valence-corrected chi connectivity index (χ3v) is 5.56. The maximum Gasteiger partial charge on any atom is 0.222 e. The van der Waals surface area contributed by atoms with Crippen molar-refractivity contribution in [1.29, 1.82) is 0 Å². The van der Waals surface area contributed by atoms with Crippen LogP contribution in [0.1, 0.15) is 24.8 Å². The molecule has 1 amide bonds.